The highest BCUT2D eigenvalue weighted by atomic mass is 19.2. The molecule has 1 fully saturated rings. The van der Waals surface area contributed by atoms with Crippen LogP contribution in [0.25, 0.3) is 5.69 Å². The average molecular weight is 267 g/mol. The van der Waals surface area contributed by atoms with Crippen molar-refractivity contribution in [3.8, 4) is 5.69 Å². The van der Waals surface area contributed by atoms with E-state index in [1.807, 2.05) is 0 Å². The Bertz CT molecular complexity index is 603. The number of rotatable bonds is 2. The summed E-state index contributed by atoms with van der Waals surface area (Å²) in [5, 5.41) is 3.26. The third-order valence-corrected chi connectivity index (χ3v) is 3.36. The average Bonchev–Trinajstić information content (AvgIpc) is 3.05. The van der Waals surface area contributed by atoms with Gasteiger partial charge in [-0.05, 0) is 31.5 Å². The lowest BCUT2D eigenvalue weighted by Crippen LogP contribution is -2.16. The topological polar surface area (TPSA) is 29.9 Å². The molecule has 1 aromatic heterocycles. The molecule has 0 amide bonds. The van der Waals surface area contributed by atoms with Gasteiger partial charge in [-0.1, -0.05) is 0 Å². The minimum atomic E-state index is -1.46. The van der Waals surface area contributed by atoms with Crippen LogP contribution in [0.15, 0.2) is 24.7 Å². The molecule has 1 aromatic carbocycles. The number of nitrogens with zero attached hydrogens (tertiary/aromatic N) is 2. The Morgan fingerprint density at radius 3 is 2.79 bits per heavy atom. The maximum atomic E-state index is 13.8. The summed E-state index contributed by atoms with van der Waals surface area (Å²) in [5.74, 6) is -3.85. The van der Waals surface area contributed by atoms with Crippen molar-refractivity contribution in [1.29, 1.82) is 0 Å². The van der Waals surface area contributed by atoms with Crippen LogP contribution in [0.3, 0.4) is 0 Å². The molecule has 0 saturated carbocycles. The second-order valence-electron chi connectivity index (χ2n) is 4.53. The first-order valence-electron chi connectivity index (χ1n) is 6.08. The molecule has 3 nitrogen and oxygen atoms in total. The van der Waals surface area contributed by atoms with Gasteiger partial charge < -0.3 is 5.32 Å². The molecular formula is C13H12F3N3. The summed E-state index contributed by atoms with van der Waals surface area (Å²) in [6.45, 7) is 0.885. The lowest BCUT2D eigenvalue weighted by molar-refractivity contribution is 0.443. The number of imidazole rings is 1. The van der Waals surface area contributed by atoms with E-state index in [-0.39, 0.29) is 11.7 Å². The van der Waals surface area contributed by atoms with Crippen LogP contribution in [0.4, 0.5) is 13.2 Å². The van der Waals surface area contributed by atoms with Gasteiger partial charge >= 0.3 is 0 Å². The van der Waals surface area contributed by atoms with Crippen molar-refractivity contribution in [3.05, 3.63) is 47.8 Å². The Kier molecular flexibility index (Phi) is 3.02. The molecule has 1 atom stereocenters. The van der Waals surface area contributed by atoms with E-state index in [1.165, 1.54) is 17.0 Å². The van der Waals surface area contributed by atoms with E-state index in [1.54, 1.807) is 6.20 Å². The second-order valence-corrected chi connectivity index (χ2v) is 4.53. The highest BCUT2D eigenvalue weighted by Gasteiger charge is 2.23. The highest BCUT2D eigenvalue weighted by molar-refractivity contribution is 5.37. The van der Waals surface area contributed by atoms with E-state index >= 15 is 0 Å². The fraction of sp³-hybridized carbons (Fsp3) is 0.308. The molecule has 0 bridgehead atoms. The molecule has 1 saturated heterocycles. The van der Waals surface area contributed by atoms with Crippen LogP contribution in [-0.4, -0.2) is 16.1 Å². The maximum Gasteiger partial charge on any atom is 0.196 e. The van der Waals surface area contributed by atoms with E-state index in [0.29, 0.717) is 0 Å². The van der Waals surface area contributed by atoms with E-state index in [2.05, 4.69) is 10.3 Å². The van der Waals surface area contributed by atoms with Gasteiger partial charge in [0.05, 0.1) is 23.9 Å². The minimum Gasteiger partial charge on any atom is -0.309 e. The first kappa shape index (κ1) is 12.2. The monoisotopic (exact) mass is 267 g/mol. The normalized spacial score (nSPS) is 19.0. The van der Waals surface area contributed by atoms with Crippen LogP contribution in [-0.2, 0) is 0 Å². The molecule has 2 aromatic rings. The maximum absolute atomic E-state index is 13.8. The number of benzene rings is 1. The summed E-state index contributed by atoms with van der Waals surface area (Å²) in [4.78, 5) is 3.98. The molecule has 100 valence electrons. The van der Waals surface area contributed by atoms with Gasteiger partial charge in [-0.3, -0.25) is 4.57 Å². The zero-order chi connectivity index (χ0) is 13.4. The van der Waals surface area contributed by atoms with Gasteiger partial charge in [0, 0.05) is 6.04 Å². The standard InChI is InChI=1S/C13H12F3N3/c14-8-3-4-10(13(16)12(8)15)19-7-17-6-11(19)9-2-1-5-18-9/h3-4,6-7,9,18H,1-2,5H2. The number of aromatic nitrogens is 2. The zero-order valence-corrected chi connectivity index (χ0v) is 10.0. The van der Waals surface area contributed by atoms with Crippen molar-refractivity contribution in [1.82, 2.24) is 14.9 Å². The molecule has 1 unspecified atom stereocenters. The zero-order valence-electron chi connectivity index (χ0n) is 10.0. The Morgan fingerprint density at radius 2 is 2.05 bits per heavy atom. The van der Waals surface area contributed by atoms with Gasteiger partial charge in [-0.25, -0.2) is 18.2 Å². The molecular weight excluding hydrogens is 255 g/mol. The highest BCUT2D eigenvalue weighted by Crippen LogP contribution is 2.27. The summed E-state index contributed by atoms with van der Waals surface area (Å²) in [6.07, 6.45) is 4.96. The lowest BCUT2D eigenvalue weighted by Gasteiger charge is -2.14. The van der Waals surface area contributed by atoms with Crippen LogP contribution in [0.2, 0.25) is 0 Å². The molecule has 1 N–H and O–H groups in total. The van der Waals surface area contributed by atoms with Gasteiger partial charge in [-0.15, -0.1) is 0 Å². The summed E-state index contributed by atoms with van der Waals surface area (Å²) in [5.41, 5.74) is 0.725. The fourth-order valence-electron chi connectivity index (χ4n) is 2.40. The molecule has 1 aliphatic heterocycles. The lowest BCUT2D eigenvalue weighted by atomic mass is 10.1. The molecule has 3 rings (SSSR count). The van der Waals surface area contributed by atoms with Crippen molar-refractivity contribution < 1.29 is 13.2 Å². The van der Waals surface area contributed by atoms with Gasteiger partial charge in [0.1, 0.15) is 0 Å². The van der Waals surface area contributed by atoms with Crippen molar-refractivity contribution in [3.63, 3.8) is 0 Å². The number of hydrogen-bond donors (Lipinski definition) is 1. The summed E-state index contributed by atoms with van der Waals surface area (Å²) in [7, 11) is 0. The van der Waals surface area contributed by atoms with Gasteiger partial charge in [-0.2, -0.15) is 0 Å². The molecule has 2 heterocycles. The Balaban J connectivity index is 2.08. The van der Waals surface area contributed by atoms with Crippen LogP contribution in [0, 0.1) is 17.5 Å². The first-order valence-corrected chi connectivity index (χ1v) is 6.08. The van der Waals surface area contributed by atoms with E-state index in [9.17, 15) is 13.2 Å². The van der Waals surface area contributed by atoms with E-state index < -0.39 is 17.5 Å². The van der Waals surface area contributed by atoms with Gasteiger partial charge in [0.2, 0.25) is 0 Å². The molecule has 1 aliphatic rings. The molecule has 6 heteroatoms. The Morgan fingerprint density at radius 1 is 1.21 bits per heavy atom. The first-order chi connectivity index (χ1) is 9.18. The smallest absolute Gasteiger partial charge is 0.196 e. The van der Waals surface area contributed by atoms with Crippen LogP contribution >= 0.6 is 0 Å². The van der Waals surface area contributed by atoms with E-state index in [4.69, 9.17) is 0 Å². The van der Waals surface area contributed by atoms with Crippen molar-refractivity contribution >= 4 is 0 Å². The largest absolute Gasteiger partial charge is 0.309 e. The number of halogens is 3. The molecule has 19 heavy (non-hydrogen) atoms. The third kappa shape index (κ3) is 2.02. The number of hydrogen-bond acceptors (Lipinski definition) is 2. The SMILES string of the molecule is Fc1ccc(-n2cncc2C2CCCN2)c(F)c1F. The second kappa shape index (κ2) is 4.70. The van der Waals surface area contributed by atoms with Crippen LogP contribution < -0.4 is 5.32 Å². The van der Waals surface area contributed by atoms with Crippen LogP contribution in [0.1, 0.15) is 24.6 Å². The Labute approximate surface area is 108 Å². The molecule has 0 radical (unpaired) electrons. The van der Waals surface area contributed by atoms with Crippen LogP contribution in [0.5, 0.6) is 0 Å². The fourth-order valence-corrected chi connectivity index (χ4v) is 2.40. The van der Waals surface area contributed by atoms with Gasteiger partial charge in [0.15, 0.2) is 17.5 Å². The van der Waals surface area contributed by atoms with Gasteiger partial charge in [0.25, 0.3) is 0 Å². The summed E-state index contributed by atoms with van der Waals surface area (Å²) in [6, 6.07) is 2.20. The quantitative estimate of drug-likeness (QED) is 0.848. The predicted molar refractivity (Wildman–Crippen MR) is 63.4 cm³/mol. The van der Waals surface area contributed by atoms with E-state index in [0.717, 1.165) is 31.1 Å². The summed E-state index contributed by atoms with van der Waals surface area (Å²) >= 11 is 0. The van der Waals surface area contributed by atoms with Crippen molar-refractivity contribution in [2.45, 2.75) is 18.9 Å². The number of nitrogens with one attached hydrogen (secondary N) is 1. The Hall–Kier alpha value is -1.82. The molecule has 0 spiro atoms. The van der Waals surface area contributed by atoms with Crippen molar-refractivity contribution in [2.75, 3.05) is 6.54 Å². The summed E-state index contributed by atoms with van der Waals surface area (Å²) < 4.78 is 41.5. The third-order valence-electron chi connectivity index (χ3n) is 3.36. The minimum absolute atomic E-state index is 0.0277. The van der Waals surface area contributed by atoms with Crippen molar-refractivity contribution in [2.24, 2.45) is 0 Å². The predicted octanol–water partition coefficient (Wildman–Crippen LogP) is 2.71. The molecule has 0 aliphatic carbocycles.